The van der Waals surface area contributed by atoms with Crippen molar-refractivity contribution in [3.8, 4) is 28.6 Å². The summed E-state index contributed by atoms with van der Waals surface area (Å²) in [6, 6.07) is 19.2. The Morgan fingerprint density at radius 3 is 2.41 bits per heavy atom. The summed E-state index contributed by atoms with van der Waals surface area (Å²) >= 11 is 0. The number of rotatable bonds is 9. The van der Waals surface area contributed by atoms with Crippen LogP contribution in [0.15, 0.2) is 60.7 Å². The Morgan fingerprint density at radius 2 is 1.79 bits per heavy atom. The quantitative estimate of drug-likeness (QED) is 0.440. The van der Waals surface area contributed by atoms with Crippen LogP contribution in [0.2, 0.25) is 0 Å². The van der Waals surface area contributed by atoms with Crippen LogP contribution in [0.5, 0.6) is 11.6 Å². The molecule has 0 bridgehead atoms. The number of ether oxygens (including phenoxy) is 2. The Balaban J connectivity index is 1.95. The van der Waals surface area contributed by atoms with Gasteiger partial charge in [-0.15, -0.1) is 0 Å². The largest absolute Gasteiger partial charge is 0.497 e. The molecular weight excluding hydrogens is 364 g/mol. The van der Waals surface area contributed by atoms with Crippen molar-refractivity contribution in [3.63, 3.8) is 0 Å². The van der Waals surface area contributed by atoms with Gasteiger partial charge in [-0.3, -0.25) is 4.79 Å². The number of unbranched alkanes of at least 4 members (excludes halogenated alkanes) is 1. The van der Waals surface area contributed by atoms with Crippen LogP contribution in [0, 0.1) is 5.92 Å². The molecule has 0 saturated carbocycles. The van der Waals surface area contributed by atoms with Gasteiger partial charge in [0, 0.05) is 11.6 Å². The molecule has 152 valence electrons. The lowest BCUT2D eigenvalue weighted by atomic mass is 10.00. The second-order valence-electron chi connectivity index (χ2n) is 7.01. The zero-order chi connectivity index (χ0) is 20.6. The van der Waals surface area contributed by atoms with Crippen molar-refractivity contribution in [1.29, 1.82) is 0 Å². The maximum absolute atomic E-state index is 12.8. The summed E-state index contributed by atoms with van der Waals surface area (Å²) in [5.74, 6) is 0.881. The Labute approximate surface area is 172 Å². The van der Waals surface area contributed by atoms with E-state index >= 15 is 0 Å². The fourth-order valence-corrected chi connectivity index (χ4v) is 3.22. The fraction of sp³-hybridized carbons (Fsp3) is 0.333. The zero-order valence-electron chi connectivity index (χ0n) is 17.3. The van der Waals surface area contributed by atoms with Crippen LogP contribution in [0.25, 0.3) is 16.9 Å². The second-order valence-corrected chi connectivity index (χ2v) is 7.01. The summed E-state index contributed by atoms with van der Waals surface area (Å²) in [7, 11) is 1.63. The number of benzene rings is 2. The lowest BCUT2D eigenvalue weighted by Crippen LogP contribution is -2.21. The van der Waals surface area contributed by atoms with Crippen LogP contribution in [0.3, 0.4) is 0 Å². The number of carbonyl (C=O) groups is 1. The molecule has 0 fully saturated rings. The molecule has 0 spiro atoms. The highest BCUT2D eigenvalue weighted by molar-refractivity contribution is 5.75. The van der Waals surface area contributed by atoms with Crippen molar-refractivity contribution in [2.75, 3.05) is 7.11 Å². The van der Waals surface area contributed by atoms with E-state index in [-0.39, 0.29) is 11.9 Å². The molecule has 29 heavy (non-hydrogen) atoms. The van der Waals surface area contributed by atoms with Crippen molar-refractivity contribution in [2.45, 2.75) is 39.5 Å². The topological polar surface area (TPSA) is 53.3 Å². The smallest absolute Gasteiger partial charge is 0.315 e. The first-order chi connectivity index (χ1) is 14.2. The van der Waals surface area contributed by atoms with Gasteiger partial charge in [-0.05, 0) is 37.1 Å². The van der Waals surface area contributed by atoms with Crippen molar-refractivity contribution >= 4 is 5.97 Å². The predicted octanol–water partition coefficient (Wildman–Crippen LogP) is 5.67. The lowest BCUT2D eigenvalue weighted by Gasteiger charge is -2.14. The van der Waals surface area contributed by atoms with E-state index in [1.807, 2.05) is 67.6 Å². The minimum absolute atomic E-state index is 0.102. The maximum Gasteiger partial charge on any atom is 0.315 e. The molecule has 5 heteroatoms. The van der Waals surface area contributed by atoms with E-state index in [9.17, 15) is 4.79 Å². The molecule has 3 rings (SSSR count). The Kier molecular flexibility index (Phi) is 7.06. The highest BCUT2D eigenvalue weighted by Crippen LogP contribution is 2.28. The average Bonchev–Trinajstić information content (AvgIpc) is 3.18. The van der Waals surface area contributed by atoms with E-state index in [0.29, 0.717) is 5.88 Å². The summed E-state index contributed by atoms with van der Waals surface area (Å²) < 4.78 is 12.8. The summed E-state index contributed by atoms with van der Waals surface area (Å²) in [6.45, 7) is 4.15. The molecular formula is C24H28N2O3. The summed E-state index contributed by atoms with van der Waals surface area (Å²) in [6.07, 6.45) is 3.68. The zero-order valence-corrected chi connectivity index (χ0v) is 17.3. The molecule has 0 amide bonds. The van der Waals surface area contributed by atoms with Crippen LogP contribution >= 0.6 is 0 Å². The molecule has 0 aliphatic heterocycles. The van der Waals surface area contributed by atoms with E-state index in [1.165, 1.54) is 0 Å². The van der Waals surface area contributed by atoms with Crippen molar-refractivity contribution in [3.05, 3.63) is 60.7 Å². The number of aromatic nitrogens is 2. The fourth-order valence-electron chi connectivity index (χ4n) is 3.22. The van der Waals surface area contributed by atoms with Gasteiger partial charge in [0.25, 0.3) is 0 Å². The van der Waals surface area contributed by atoms with Gasteiger partial charge in [0.1, 0.15) is 5.75 Å². The van der Waals surface area contributed by atoms with E-state index < -0.39 is 0 Å². The Hall–Kier alpha value is -3.08. The van der Waals surface area contributed by atoms with E-state index in [0.717, 1.165) is 48.4 Å². The molecule has 0 saturated heterocycles. The Morgan fingerprint density at radius 1 is 1.07 bits per heavy atom. The number of methoxy groups -OCH3 is 1. The molecule has 0 radical (unpaired) electrons. The first kappa shape index (κ1) is 20.6. The van der Waals surface area contributed by atoms with Gasteiger partial charge in [-0.1, -0.05) is 57.0 Å². The van der Waals surface area contributed by atoms with E-state index in [1.54, 1.807) is 11.8 Å². The van der Waals surface area contributed by atoms with Gasteiger partial charge in [-0.2, -0.15) is 5.10 Å². The third kappa shape index (κ3) is 5.05. The lowest BCUT2D eigenvalue weighted by molar-refractivity contribution is -0.139. The van der Waals surface area contributed by atoms with Crippen LogP contribution < -0.4 is 9.47 Å². The molecule has 1 unspecified atom stereocenters. The normalized spacial score (nSPS) is 11.8. The van der Waals surface area contributed by atoms with Crippen LogP contribution in [-0.2, 0) is 4.79 Å². The average molecular weight is 392 g/mol. The van der Waals surface area contributed by atoms with Gasteiger partial charge in [0.15, 0.2) is 0 Å². The molecule has 1 atom stereocenters. The highest BCUT2D eigenvalue weighted by atomic mass is 16.5. The molecule has 0 N–H and O–H groups in total. The number of hydrogen-bond acceptors (Lipinski definition) is 4. The molecule has 1 aromatic heterocycles. The molecule has 3 aromatic rings. The second kappa shape index (κ2) is 9.92. The van der Waals surface area contributed by atoms with Gasteiger partial charge in [0.05, 0.1) is 24.4 Å². The first-order valence-electron chi connectivity index (χ1n) is 10.2. The standard InChI is InChI=1S/C24H28N2O3/c1-4-6-10-18(5-2)24(27)29-23-17-22(19-11-8-7-9-12-19)25-26(23)20-13-15-21(28-3)16-14-20/h7-9,11-18H,4-6,10H2,1-3H3. The minimum Gasteiger partial charge on any atom is -0.497 e. The molecule has 5 nitrogen and oxygen atoms in total. The van der Waals surface area contributed by atoms with Gasteiger partial charge < -0.3 is 9.47 Å². The van der Waals surface area contributed by atoms with Crippen LogP contribution in [0.1, 0.15) is 39.5 Å². The van der Waals surface area contributed by atoms with Crippen molar-refractivity contribution in [1.82, 2.24) is 9.78 Å². The third-order valence-corrected chi connectivity index (χ3v) is 5.00. The molecule has 0 aliphatic carbocycles. The van der Waals surface area contributed by atoms with Gasteiger partial charge >= 0.3 is 5.97 Å². The maximum atomic E-state index is 12.8. The predicted molar refractivity (Wildman–Crippen MR) is 114 cm³/mol. The van der Waals surface area contributed by atoms with Crippen LogP contribution in [0.4, 0.5) is 0 Å². The Bertz CT molecular complexity index is 917. The number of carbonyl (C=O) groups excluding carboxylic acids is 1. The van der Waals surface area contributed by atoms with Crippen molar-refractivity contribution < 1.29 is 14.3 Å². The SMILES string of the molecule is CCCCC(CC)C(=O)Oc1cc(-c2ccccc2)nn1-c1ccc(OC)cc1. The van der Waals surface area contributed by atoms with E-state index in [4.69, 9.17) is 14.6 Å². The monoisotopic (exact) mass is 392 g/mol. The third-order valence-electron chi connectivity index (χ3n) is 5.00. The molecule has 0 aliphatic rings. The molecule has 2 aromatic carbocycles. The number of esters is 1. The van der Waals surface area contributed by atoms with Gasteiger partial charge in [-0.25, -0.2) is 4.68 Å². The summed E-state index contributed by atoms with van der Waals surface area (Å²) in [4.78, 5) is 12.8. The number of nitrogens with zero attached hydrogens (tertiary/aromatic N) is 2. The van der Waals surface area contributed by atoms with E-state index in [2.05, 4.69) is 6.92 Å². The highest BCUT2D eigenvalue weighted by Gasteiger charge is 2.22. The summed E-state index contributed by atoms with van der Waals surface area (Å²) in [5.41, 5.74) is 2.53. The number of hydrogen-bond donors (Lipinski definition) is 0. The van der Waals surface area contributed by atoms with Crippen LogP contribution in [-0.4, -0.2) is 22.9 Å². The first-order valence-corrected chi connectivity index (χ1v) is 10.2. The molecule has 1 heterocycles. The summed E-state index contributed by atoms with van der Waals surface area (Å²) in [5, 5.41) is 4.71. The van der Waals surface area contributed by atoms with Gasteiger partial charge in [0.2, 0.25) is 5.88 Å². The minimum atomic E-state index is -0.199. The van der Waals surface area contributed by atoms with Crippen molar-refractivity contribution in [2.24, 2.45) is 5.92 Å².